The van der Waals surface area contributed by atoms with Crippen molar-refractivity contribution < 1.29 is 24.6 Å². The molecule has 0 bridgehead atoms. The maximum absolute atomic E-state index is 10.9. The molecule has 0 spiro atoms. The summed E-state index contributed by atoms with van der Waals surface area (Å²) < 4.78 is 0. The molecule has 14 heavy (non-hydrogen) atoms. The van der Waals surface area contributed by atoms with Gasteiger partial charge in [0.1, 0.15) is 0 Å². The Kier molecular flexibility index (Phi) is 4.52. The van der Waals surface area contributed by atoms with E-state index in [9.17, 15) is 24.6 Å². The van der Waals surface area contributed by atoms with Gasteiger partial charge in [-0.2, -0.15) is 0 Å². The largest absolute Gasteiger partial charge is 2.00 e. The van der Waals surface area contributed by atoms with Crippen molar-refractivity contribution in [2.75, 3.05) is 0 Å². The van der Waals surface area contributed by atoms with Gasteiger partial charge in [0.05, 0.1) is 17.9 Å². The Morgan fingerprint density at radius 2 is 1.86 bits per heavy atom. The molecular weight excluding hydrogens is 200 g/mol. The predicted molar refractivity (Wildman–Crippen MR) is 41.5 cm³/mol. The molecule has 68 valence electrons. The number of hydrogen-bond donors (Lipinski definition) is 0. The Hall–Kier alpha value is -1.14. The zero-order valence-corrected chi connectivity index (χ0v) is 8.47. The summed E-state index contributed by atoms with van der Waals surface area (Å²) in [7, 11) is 0. The van der Waals surface area contributed by atoms with Gasteiger partial charge >= 0.3 is 23.1 Å². The molecular formula is C8H4MgO5. The molecule has 1 aliphatic rings. The zero-order valence-electron chi connectivity index (χ0n) is 7.06. The second-order valence-electron chi connectivity index (χ2n) is 2.42. The van der Waals surface area contributed by atoms with Crippen LogP contribution in [0.25, 0.3) is 0 Å². The van der Waals surface area contributed by atoms with E-state index in [0.717, 1.165) is 18.2 Å². The second-order valence-corrected chi connectivity index (χ2v) is 2.42. The summed E-state index contributed by atoms with van der Waals surface area (Å²) in [5.74, 6) is -5.96. The van der Waals surface area contributed by atoms with Gasteiger partial charge in [0, 0.05) is 0 Å². The number of ketones is 1. The normalized spacial score (nSPS) is 19.6. The Morgan fingerprint density at radius 3 is 2.21 bits per heavy atom. The van der Waals surface area contributed by atoms with Gasteiger partial charge in [-0.15, -0.1) is 0 Å². The summed E-state index contributed by atoms with van der Waals surface area (Å²) >= 11 is 0. The smallest absolute Gasteiger partial charge is 0.549 e. The van der Waals surface area contributed by atoms with E-state index < -0.39 is 29.2 Å². The van der Waals surface area contributed by atoms with Crippen LogP contribution in [0.3, 0.4) is 0 Å². The maximum atomic E-state index is 10.9. The molecule has 0 aliphatic heterocycles. The van der Waals surface area contributed by atoms with Crippen molar-refractivity contribution in [1.82, 2.24) is 0 Å². The molecule has 0 heterocycles. The average Bonchev–Trinajstić information content (AvgIpc) is 2.02. The minimum absolute atomic E-state index is 0. The van der Waals surface area contributed by atoms with E-state index in [-0.39, 0.29) is 23.1 Å². The molecule has 0 N–H and O–H groups in total. The summed E-state index contributed by atoms with van der Waals surface area (Å²) in [6.07, 6.45) is 3.15. The first-order valence-electron chi connectivity index (χ1n) is 3.38. The Labute approximate surface area is 95.3 Å². The van der Waals surface area contributed by atoms with E-state index in [1.54, 1.807) is 0 Å². The van der Waals surface area contributed by atoms with Crippen LogP contribution in [0, 0.1) is 5.92 Å². The van der Waals surface area contributed by atoms with E-state index in [1.165, 1.54) is 0 Å². The van der Waals surface area contributed by atoms with Crippen molar-refractivity contribution >= 4 is 40.8 Å². The number of carboxylic acid groups (broad SMARTS) is 2. The number of carboxylic acids is 2. The van der Waals surface area contributed by atoms with E-state index in [4.69, 9.17) is 0 Å². The van der Waals surface area contributed by atoms with Gasteiger partial charge in [0.25, 0.3) is 0 Å². The van der Waals surface area contributed by atoms with Crippen LogP contribution in [0.1, 0.15) is 0 Å². The van der Waals surface area contributed by atoms with Crippen LogP contribution in [0.4, 0.5) is 0 Å². The van der Waals surface area contributed by atoms with E-state index in [2.05, 4.69) is 0 Å². The van der Waals surface area contributed by atoms with Crippen LogP contribution < -0.4 is 10.2 Å². The molecule has 1 rings (SSSR count). The number of allylic oxidation sites excluding steroid dienone is 3. The van der Waals surface area contributed by atoms with Crippen LogP contribution in [0.15, 0.2) is 23.8 Å². The topological polar surface area (TPSA) is 97.3 Å². The van der Waals surface area contributed by atoms with Crippen molar-refractivity contribution in [2.45, 2.75) is 0 Å². The number of rotatable bonds is 2. The van der Waals surface area contributed by atoms with Crippen LogP contribution in [-0.4, -0.2) is 40.8 Å². The third kappa shape index (κ3) is 2.42. The number of hydrogen-bond acceptors (Lipinski definition) is 5. The summed E-state index contributed by atoms with van der Waals surface area (Å²) in [6.45, 7) is 0. The fraction of sp³-hybridized carbons (Fsp3) is 0.125. The van der Waals surface area contributed by atoms with Gasteiger partial charge in [-0.05, 0) is 11.6 Å². The molecule has 0 aromatic heterocycles. The van der Waals surface area contributed by atoms with E-state index >= 15 is 0 Å². The second kappa shape index (κ2) is 4.92. The first-order chi connectivity index (χ1) is 6.04. The molecule has 0 aromatic carbocycles. The summed E-state index contributed by atoms with van der Waals surface area (Å²) in [5.41, 5.74) is -0.576. The zero-order chi connectivity index (χ0) is 10.0. The Bertz CT molecular complexity index is 342. The van der Waals surface area contributed by atoms with E-state index in [0.29, 0.717) is 0 Å². The number of carbonyl (C=O) groups excluding carboxylic acids is 3. The van der Waals surface area contributed by atoms with Gasteiger partial charge in [0.2, 0.25) is 0 Å². The molecule has 0 radical (unpaired) electrons. The molecule has 0 amide bonds. The Morgan fingerprint density at radius 1 is 1.29 bits per heavy atom. The Balaban J connectivity index is 0.00000169. The van der Waals surface area contributed by atoms with Crippen molar-refractivity contribution in [3.05, 3.63) is 23.8 Å². The van der Waals surface area contributed by atoms with Crippen molar-refractivity contribution in [3.63, 3.8) is 0 Å². The van der Waals surface area contributed by atoms with Crippen LogP contribution >= 0.6 is 0 Å². The van der Waals surface area contributed by atoms with Crippen molar-refractivity contribution in [1.29, 1.82) is 0 Å². The van der Waals surface area contributed by atoms with Crippen molar-refractivity contribution in [2.24, 2.45) is 5.92 Å². The molecule has 1 atom stereocenters. The van der Waals surface area contributed by atoms with Gasteiger partial charge < -0.3 is 19.8 Å². The van der Waals surface area contributed by atoms with Crippen LogP contribution in [0.5, 0.6) is 0 Å². The monoisotopic (exact) mass is 204 g/mol. The van der Waals surface area contributed by atoms with Crippen molar-refractivity contribution in [3.8, 4) is 0 Å². The maximum Gasteiger partial charge on any atom is 2.00 e. The summed E-state index contributed by atoms with van der Waals surface area (Å²) in [5, 5.41) is 20.7. The molecule has 0 saturated carbocycles. The van der Waals surface area contributed by atoms with Crippen LogP contribution in [-0.2, 0) is 14.4 Å². The summed E-state index contributed by atoms with van der Waals surface area (Å²) in [4.78, 5) is 31.7. The average molecular weight is 204 g/mol. The first kappa shape index (κ1) is 12.9. The molecule has 1 unspecified atom stereocenters. The third-order valence-electron chi connectivity index (χ3n) is 1.60. The molecule has 0 saturated heterocycles. The fourth-order valence-corrected chi connectivity index (χ4v) is 1.02. The number of aliphatic carboxylic acids is 2. The molecule has 5 nitrogen and oxygen atoms in total. The fourth-order valence-electron chi connectivity index (χ4n) is 1.02. The van der Waals surface area contributed by atoms with E-state index in [1.807, 2.05) is 0 Å². The summed E-state index contributed by atoms with van der Waals surface area (Å²) in [6, 6.07) is 0. The molecule has 0 fully saturated rings. The first-order valence-corrected chi connectivity index (χ1v) is 3.38. The quantitative estimate of drug-likeness (QED) is 0.348. The minimum Gasteiger partial charge on any atom is -0.549 e. The van der Waals surface area contributed by atoms with Gasteiger partial charge in [-0.3, -0.25) is 4.79 Å². The standard InChI is InChI=1S/C8H6O5.Mg/c9-5-3-1-2-4(7(10)11)6(5)8(12)13;/h1-3,6H,(H,10,11)(H,12,13);/q;+2/p-2. The predicted octanol–water partition coefficient (Wildman–Crippen LogP) is -3.21. The molecule has 0 aromatic rings. The van der Waals surface area contributed by atoms with Gasteiger partial charge in [-0.25, -0.2) is 0 Å². The van der Waals surface area contributed by atoms with Gasteiger partial charge in [-0.1, -0.05) is 12.2 Å². The third-order valence-corrected chi connectivity index (χ3v) is 1.60. The van der Waals surface area contributed by atoms with Crippen LogP contribution in [0.2, 0.25) is 0 Å². The molecule has 6 heteroatoms. The minimum atomic E-state index is -1.74. The SMILES string of the molecule is O=C([O-])C1=CC=CC(=O)C1C(=O)[O-].[Mg+2]. The number of carbonyl (C=O) groups is 3. The van der Waals surface area contributed by atoms with Gasteiger partial charge in [0.15, 0.2) is 5.78 Å². The molecule has 1 aliphatic carbocycles.